The summed E-state index contributed by atoms with van der Waals surface area (Å²) in [4.78, 5) is 15.8. The van der Waals surface area contributed by atoms with Crippen molar-refractivity contribution < 1.29 is 18.7 Å². The van der Waals surface area contributed by atoms with Gasteiger partial charge >= 0.3 is 0 Å². The third kappa shape index (κ3) is 4.11. The molecular weight excluding hydrogens is 404 g/mol. The van der Waals surface area contributed by atoms with E-state index in [0.29, 0.717) is 28.3 Å². The van der Waals surface area contributed by atoms with E-state index in [1.165, 1.54) is 11.8 Å². The number of rotatable bonds is 7. The van der Waals surface area contributed by atoms with Crippen molar-refractivity contribution in [3.05, 3.63) is 48.7 Å². The second kappa shape index (κ2) is 8.50. The van der Waals surface area contributed by atoms with Crippen molar-refractivity contribution in [3.63, 3.8) is 0 Å². The van der Waals surface area contributed by atoms with Gasteiger partial charge in [0.25, 0.3) is 11.1 Å². The molecule has 1 amide bonds. The smallest absolute Gasteiger partial charge is 0.277 e. The second-order valence-electron chi connectivity index (χ2n) is 6.47. The van der Waals surface area contributed by atoms with Crippen molar-refractivity contribution in [2.75, 3.05) is 19.5 Å². The number of thioether (sulfide) groups is 1. The molecule has 4 aromatic rings. The third-order valence-corrected chi connectivity index (χ3v) is 5.43. The Hall–Kier alpha value is -3.46. The molecule has 9 heteroatoms. The molecule has 0 fully saturated rings. The zero-order chi connectivity index (χ0) is 21.1. The lowest BCUT2D eigenvalue weighted by atomic mass is 10.2. The second-order valence-corrected chi connectivity index (χ2v) is 7.76. The first kappa shape index (κ1) is 19.8. The minimum Gasteiger partial charge on any atom is -0.497 e. The molecular formula is C21H20N4O4S. The molecule has 1 atom stereocenters. The number of hydrogen-bond donors (Lipinski definition) is 2. The van der Waals surface area contributed by atoms with Crippen LogP contribution < -0.4 is 14.8 Å². The van der Waals surface area contributed by atoms with E-state index in [1.54, 1.807) is 39.3 Å². The van der Waals surface area contributed by atoms with E-state index in [9.17, 15) is 4.79 Å². The van der Waals surface area contributed by atoms with Gasteiger partial charge in [-0.05, 0) is 13.0 Å². The number of H-pyrrole nitrogens is 1. The van der Waals surface area contributed by atoms with Gasteiger partial charge in [0.2, 0.25) is 5.91 Å². The fourth-order valence-electron chi connectivity index (χ4n) is 2.94. The highest BCUT2D eigenvalue weighted by molar-refractivity contribution is 8.00. The van der Waals surface area contributed by atoms with E-state index in [2.05, 4.69) is 20.5 Å². The highest BCUT2D eigenvalue weighted by Crippen LogP contribution is 2.31. The Bertz CT molecular complexity index is 1160. The van der Waals surface area contributed by atoms with Gasteiger partial charge in [0.1, 0.15) is 11.5 Å². The number of benzene rings is 2. The van der Waals surface area contributed by atoms with Gasteiger partial charge in [0.05, 0.1) is 25.0 Å². The van der Waals surface area contributed by atoms with Crippen LogP contribution in [0.5, 0.6) is 11.5 Å². The third-order valence-electron chi connectivity index (χ3n) is 4.49. The normalized spacial score (nSPS) is 12.0. The Morgan fingerprint density at radius 3 is 2.60 bits per heavy atom. The summed E-state index contributed by atoms with van der Waals surface area (Å²) in [6.45, 7) is 1.77. The highest BCUT2D eigenvalue weighted by Gasteiger charge is 2.20. The predicted molar refractivity (Wildman–Crippen MR) is 115 cm³/mol. The molecule has 2 N–H and O–H groups in total. The van der Waals surface area contributed by atoms with Crippen LogP contribution in [0.4, 0.5) is 5.69 Å². The van der Waals surface area contributed by atoms with Crippen LogP contribution in [0.25, 0.3) is 22.4 Å². The predicted octanol–water partition coefficient (Wildman–Crippen LogP) is 4.35. The molecule has 154 valence electrons. The van der Waals surface area contributed by atoms with Crippen molar-refractivity contribution >= 4 is 34.3 Å². The van der Waals surface area contributed by atoms with Gasteiger partial charge in [-0.1, -0.05) is 30.0 Å². The summed E-state index contributed by atoms with van der Waals surface area (Å²) in [5, 5.41) is 11.9. The van der Waals surface area contributed by atoms with Gasteiger partial charge in [-0.15, -0.1) is 10.2 Å². The van der Waals surface area contributed by atoms with E-state index in [-0.39, 0.29) is 5.91 Å². The van der Waals surface area contributed by atoms with Crippen LogP contribution >= 0.6 is 11.8 Å². The van der Waals surface area contributed by atoms with Gasteiger partial charge in [-0.25, -0.2) is 0 Å². The largest absolute Gasteiger partial charge is 0.497 e. The number of fused-ring (bicyclic) bond motifs is 1. The van der Waals surface area contributed by atoms with Crippen LogP contribution in [0.15, 0.2) is 58.3 Å². The van der Waals surface area contributed by atoms with Crippen molar-refractivity contribution in [3.8, 4) is 23.0 Å². The van der Waals surface area contributed by atoms with Gasteiger partial charge in [0.15, 0.2) is 0 Å². The van der Waals surface area contributed by atoms with Crippen molar-refractivity contribution in [2.45, 2.75) is 17.4 Å². The van der Waals surface area contributed by atoms with Gasteiger partial charge < -0.3 is 24.2 Å². The number of ether oxygens (including phenoxy) is 2. The maximum absolute atomic E-state index is 12.6. The summed E-state index contributed by atoms with van der Waals surface area (Å²) in [6, 6.07) is 13.0. The Morgan fingerprint density at radius 1 is 1.13 bits per heavy atom. The summed E-state index contributed by atoms with van der Waals surface area (Å²) >= 11 is 1.19. The Morgan fingerprint density at radius 2 is 1.87 bits per heavy atom. The number of hydrogen-bond acceptors (Lipinski definition) is 7. The fraction of sp³-hybridized carbons (Fsp3) is 0.190. The summed E-state index contributed by atoms with van der Waals surface area (Å²) in [7, 11) is 3.11. The number of carbonyl (C=O) groups is 1. The summed E-state index contributed by atoms with van der Waals surface area (Å²) in [5.74, 6) is 1.37. The Balaban J connectivity index is 1.45. The standard InChI is InChI=1S/C21H20N4O4S/c1-12(19(26)23-13-8-14(27-2)10-15(9-13)28-3)30-21-25-24-20(29-21)17-11-22-18-7-5-4-6-16(17)18/h4-12,22H,1-3H3,(H,23,26). The average Bonchev–Trinajstić information content (AvgIpc) is 3.40. The number of carbonyl (C=O) groups excluding carboxylic acids is 1. The molecule has 2 heterocycles. The number of aromatic amines is 1. The molecule has 0 saturated carbocycles. The lowest BCUT2D eigenvalue weighted by Gasteiger charge is -2.12. The SMILES string of the molecule is COc1cc(NC(=O)C(C)Sc2nnc(-c3c[nH]c4ccccc34)o2)cc(OC)c1. The number of nitrogens with one attached hydrogen (secondary N) is 2. The first-order chi connectivity index (χ1) is 14.6. The quantitative estimate of drug-likeness (QED) is 0.425. The van der Waals surface area contributed by atoms with E-state index < -0.39 is 5.25 Å². The first-order valence-electron chi connectivity index (χ1n) is 9.18. The van der Waals surface area contributed by atoms with Crippen LogP contribution in [-0.2, 0) is 4.79 Å². The molecule has 1 unspecified atom stereocenters. The number of nitrogens with zero attached hydrogens (tertiary/aromatic N) is 2. The van der Waals surface area contributed by atoms with Crippen LogP contribution in [-0.4, -0.2) is 40.6 Å². The molecule has 0 spiro atoms. The lowest BCUT2D eigenvalue weighted by Crippen LogP contribution is -2.22. The summed E-state index contributed by atoms with van der Waals surface area (Å²) < 4.78 is 16.2. The minimum absolute atomic E-state index is 0.206. The molecule has 0 saturated heterocycles. The highest BCUT2D eigenvalue weighted by atomic mass is 32.2. The van der Waals surface area contributed by atoms with E-state index in [0.717, 1.165) is 16.5 Å². The van der Waals surface area contributed by atoms with Crippen molar-refractivity contribution in [1.82, 2.24) is 15.2 Å². The number of aromatic nitrogens is 3. The van der Waals surface area contributed by atoms with Crippen molar-refractivity contribution in [1.29, 1.82) is 0 Å². The minimum atomic E-state index is -0.460. The molecule has 0 bridgehead atoms. The molecule has 0 aliphatic carbocycles. The topological polar surface area (TPSA) is 102 Å². The number of amides is 1. The summed E-state index contributed by atoms with van der Waals surface area (Å²) in [5.41, 5.74) is 2.39. The molecule has 0 aliphatic heterocycles. The van der Waals surface area contributed by atoms with Gasteiger partial charge in [-0.2, -0.15) is 0 Å². The molecule has 8 nitrogen and oxygen atoms in total. The Labute approximate surface area is 177 Å². The monoisotopic (exact) mass is 424 g/mol. The first-order valence-corrected chi connectivity index (χ1v) is 10.1. The average molecular weight is 424 g/mol. The van der Waals surface area contributed by atoms with E-state index >= 15 is 0 Å². The molecule has 4 rings (SSSR count). The van der Waals surface area contributed by atoms with E-state index in [1.807, 2.05) is 30.5 Å². The number of para-hydroxylation sites is 1. The Kier molecular flexibility index (Phi) is 5.62. The maximum Gasteiger partial charge on any atom is 0.277 e. The zero-order valence-electron chi connectivity index (χ0n) is 16.6. The van der Waals surface area contributed by atoms with Crippen molar-refractivity contribution in [2.24, 2.45) is 0 Å². The molecule has 30 heavy (non-hydrogen) atoms. The molecule has 2 aromatic heterocycles. The summed E-state index contributed by atoms with van der Waals surface area (Å²) in [6.07, 6.45) is 1.83. The van der Waals surface area contributed by atoms with Gasteiger partial charge in [0, 0.05) is 41.0 Å². The zero-order valence-corrected chi connectivity index (χ0v) is 17.4. The lowest BCUT2D eigenvalue weighted by molar-refractivity contribution is -0.115. The van der Waals surface area contributed by atoms with Crippen LogP contribution in [0.1, 0.15) is 6.92 Å². The maximum atomic E-state index is 12.6. The number of anilines is 1. The van der Waals surface area contributed by atoms with Gasteiger partial charge in [-0.3, -0.25) is 4.79 Å². The van der Waals surface area contributed by atoms with Crippen LogP contribution in [0, 0.1) is 0 Å². The molecule has 0 aliphatic rings. The van der Waals surface area contributed by atoms with Crippen LogP contribution in [0.2, 0.25) is 0 Å². The van der Waals surface area contributed by atoms with E-state index in [4.69, 9.17) is 13.9 Å². The fourth-order valence-corrected chi connectivity index (χ4v) is 3.63. The molecule has 2 aromatic carbocycles. The molecule has 0 radical (unpaired) electrons. The van der Waals surface area contributed by atoms with Crippen LogP contribution in [0.3, 0.4) is 0 Å². The number of methoxy groups -OCH3 is 2.